The van der Waals surface area contributed by atoms with E-state index in [1.165, 1.54) is 0 Å². The molecule has 1 N–H and O–H groups in total. The fraction of sp³-hybridized carbons (Fsp3) is 0. The van der Waals surface area contributed by atoms with E-state index in [0.717, 1.165) is 0 Å². The van der Waals surface area contributed by atoms with Crippen molar-refractivity contribution in [2.75, 3.05) is 0 Å². The van der Waals surface area contributed by atoms with Crippen molar-refractivity contribution in [3.8, 4) is 0 Å². The molecule has 0 spiro atoms. The summed E-state index contributed by atoms with van der Waals surface area (Å²) >= 11 is 3.64. The Morgan fingerprint density at radius 2 is 1.00 bits per heavy atom. The lowest BCUT2D eigenvalue weighted by molar-refractivity contribution is 0.632. The molecule has 0 radical (unpaired) electrons. The van der Waals surface area contributed by atoms with Crippen LogP contribution in [0.25, 0.3) is 0 Å². The van der Waals surface area contributed by atoms with E-state index in [-0.39, 0.29) is 0 Å². The summed E-state index contributed by atoms with van der Waals surface area (Å²) in [6, 6.07) is 0. The molecule has 0 amide bonds. The molecule has 0 fully saturated rings. The van der Waals surface area contributed by atoms with Gasteiger partial charge in [0, 0.05) is 21.7 Å². The molecule has 0 aromatic heterocycles. The highest BCUT2D eigenvalue weighted by molar-refractivity contribution is 6.85. The van der Waals surface area contributed by atoms with Crippen LogP contribution in [0.15, 0.2) is 0 Å². The monoisotopic (exact) mass is 122 g/mol. The molecule has 0 atom stereocenters. The summed E-state index contributed by atoms with van der Waals surface area (Å²) in [5, 5.41) is 0. The predicted octanol–water partition coefficient (Wildman–Crippen LogP) is 1.51. The molecular weight excluding hydrogens is 122 g/mol. The van der Waals surface area contributed by atoms with E-state index in [1.807, 2.05) is 0 Å². The van der Waals surface area contributed by atoms with Crippen molar-refractivity contribution >= 4 is 33.6 Å². The Balaban J connectivity index is 0. The number of hydrogen-bond acceptors (Lipinski definition) is 1. The van der Waals surface area contributed by atoms with E-state index >= 15 is 0 Å². The topological polar surface area (TPSA) is 20.2 Å². The van der Waals surface area contributed by atoms with E-state index in [0.29, 0.717) is 0 Å². The second-order valence-corrected chi connectivity index (χ2v) is 0. The fourth-order valence-corrected chi connectivity index (χ4v) is 0. The van der Waals surface area contributed by atoms with Gasteiger partial charge in [0.1, 0.15) is 0 Å². The molecule has 0 saturated carbocycles. The Labute approximate surface area is 38.8 Å². The van der Waals surface area contributed by atoms with E-state index in [1.54, 1.807) is 0 Å². The van der Waals surface area contributed by atoms with Crippen LogP contribution in [0.1, 0.15) is 0 Å². The van der Waals surface area contributed by atoms with Gasteiger partial charge in [0.2, 0.25) is 0 Å². The van der Waals surface area contributed by atoms with Gasteiger partial charge < -0.3 is 0 Å². The first-order valence-corrected chi connectivity index (χ1v) is 1.79. The van der Waals surface area contributed by atoms with E-state index in [2.05, 4.69) is 33.6 Å². The van der Waals surface area contributed by atoms with Crippen molar-refractivity contribution in [3.05, 3.63) is 0 Å². The largest absolute Gasteiger partial charge is 0.295 e. The maximum absolute atomic E-state index is 6.47. The summed E-state index contributed by atoms with van der Waals surface area (Å²) < 4.78 is 6.47. The summed E-state index contributed by atoms with van der Waals surface area (Å²) in [5.41, 5.74) is 0. The first-order chi connectivity index (χ1) is 2.00. The Kier molecular flexibility index (Phi) is 98.5. The number of halogens is 3. The first kappa shape index (κ1) is 8.85. The molecule has 28 valence electrons. The molecule has 0 aliphatic rings. The van der Waals surface area contributed by atoms with Gasteiger partial charge >= 0.3 is 0 Å². The third kappa shape index (κ3) is 13.8. The maximum Gasteiger partial charge on any atom is 0.0579 e. The maximum atomic E-state index is 6.47. The van der Waals surface area contributed by atoms with Gasteiger partial charge in [0.15, 0.2) is 0 Å². The molecule has 0 aliphatic heterocycles. The molecule has 1 nitrogen and oxygen atoms in total. The summed E-state index contributed by atoms with van der Waals surface area (Å²) in [7, 11) is 8.22. The molecule has 4 heavy (non-hydrogen) atoms. The van der Waals surface area contributed by atoms with Gasteiger partial charge in [-0.2, -0.15) is 0 Å². The molecule has 0 aromatic rings. The molecule has 0 saturated heterocycles. The Morgan fingerprint density at radius 3 is 1.00 bits per heavy atom. The molecule has 0 aliphatic carbocycles. The quantitative estimate of drug-likeness (QED) is 0.518. The van der Waals surface area contributed by atoms with E-state index in [4.69, 9.17) is 4.66 Å². The third-order valence-corrected chi connectivity index (χ3v) is 0. The van der Waals surface area contributed by atoms with Crippen LogP contribution in [0.3, 0.4) is 0 Å². The summed E-state index contributed by atoms with van der Waals surface area (Å²) in [4.78, 5) is 0. The lowest BCUT2D eigenvalue weighted by atomic mass is 15.9. The lowest BCUT2D eigenvalue weighted by Gasteiger charge is -1.13. The molecule has 4 heteroatoms. The van der Waals surface area contributed by atoms with Crippen LogP contribution in [0.4, 0.5) is 0 Å². The van der Waals surface area contributed by atoms with Crippen LogP contribution in [-0.2, 0) is 0 Å². The van der Waals surface area contributed by atoms with Crippen molar-refractivity contribution in [1.29, 1.82) is 0 Å². The highest BCUT2D eigenvalue weighted by Gasteiger charge is 1.00. The van der Waals surface area contributed by atoms with Crippen molar-refractivity contribution in [2.45, 2.75) is 0 Å². The molecule has 0 bridgehead atoms. The average molecular weight is 123 g/mol. The average Bonchev–Trinajstić information content (AvgIpc) is 1.50. The zero-order valence-corrected chi connectivity index (χ0v) is 3.85. The highest BCUT2D eigenvalue weighted by atomic mass is 36.5. The van der Waals surface area contributed by atoms with E-state index < -0.39 is 0 Å². The second-order valence-electron chi connectivity index (χ2n) is 0. The van der Waals surface area contributed by atoms with Gasteiger partial charge in [-0.25, -0.2) is 0 Å². The Bertz CT molecular complexity index is 3.25. The first-order valence-electron chi connectivity index (χ1n) is 0.312. The Morgan fingerprint density at radius 1 is 1.00 bits per heavy atom. The SMILES string of the molecule is ClCl.OCl. The molecule has 0 rings (SSSR count). The molecule has 0 unspecified atom stereocenters. The zero-order valence-electron chi connectivity index (χ0n) is 1.58. The second kappa shape index (κ2) is 44.5. The third-order valence-electron chi connectivity index (χ3n) is 0. The predicted molar refractivity (Wildman–Crippen MR) is 19.8 cm³/mol. The minimum Gasteiger partial charge on any atom is -0.295 e. The van der Waals surface area contributed by atoms with Gasteiger partial charge in [-0.05, 0) is 0 Å². The summed E-state index contributed by atoms with van der Waals surface area (Å²) in [6.45, 7) is 0. The van der Waals surface area contributed by atoms with Crippen LogP contribution in [0.5, 0.6) is 0 Å². The van der Waals surface area contributed by atoms with Crippen molar-refractivity contribution in [3.63, 3.8) is 0 Å². The standard InChI is InChI=1S/Cl2.ClHO/c2*1-2/h;2H. The van der Waals surface area contributed by atoms with E-state index in [9.17, 15) is 0 Å². The van der Waals surface area contributed by atoms with Crippen LogP contribution in [-0.4, -0.2) is 4.66 Å². The minimum absolute atomic E-state index is 3.64. The van der Waals surface area contributed by atoms with Crippen LogP contribution in [0, 0.1) is 0 Å². The molecule has 0 heterocycles. The van der Waals surface area contributed by atoms with Crippen molar-refractivity contribution in [1.82, 2.24) is 0 Å². The highest BCUT2D eigenvalue weighted by Crippen LogP contribution is 1.69. The minimum atomic E-state index is 3.64. The number of hydrogen-bond donors (Lipinski definition) is 1. The molecular formula is HCl3O. The van der Waals surface area contributed by atoms with Crippen LogP contribution < -0.4 is 0 Å². The Hall–Kier alpha value is 0.830. The van der Waals surface area contributed by atoms with Crippen molar-refractivity contribution < 1.29 is 4.66 Å². The van der Waals surface area contributed by atoms with Gasteiger partial charge in [-0.3, -0.25) is 4.66 Å². The summed E-state index contributed by atoms with van der Waals surface area (Å²) in [6.07, 6.45) is 0. The number of rotatable bonds is 0. The van der Waals surface area contributed by atoms with Gasteiger partial charge in [-0.1, -0.05) is 0 Å². The fourth-order valence-electron chi connectivity index (χ4n) is 0. The lowest BCUT2D eigenvalue weighted by Crippen LogP contribution is -0.913. The van der Waals surface area contributed by atoms with Gasteiger partial charge in [0.05, 0.1) is 11.9 Å². The van der Waals surface area contributed by atoms with Crippen LogP contribution in [0.2, 0.25) is 0 Å². The van der Waals surface area contributed by atoms with Crippen LogP contribution >= 0.6 is 33.6 Å². The van der Waals surface area contributed by atoms with Gasteiger partial charge in [-0.15, -0.1) is 0 Å². The zero-order chi connectivity index (χ0) is 4.00. The smallest absolute Gasteiger partial charge is 0.0579 e. The normalized spacial score (nSPS) is 3.00. The van der Waals surface area contributed by atoms with Crippen molar-refractivity contribution in [2.24, 2.45) is 0 Å². The molecule has 0 aromatic carbocycles. The summed E-state index contributed by atoms with van der Waals surface area (Å²) in [5.74, 6) is 0. The van der Waals surface area contributed by atoms with Gasteiger partial charge in [0.25, 0.3) is 0 Å².